The zero-order chi connectivity index (χ0) is 15.6. The summed E-state index contributed by atoms with van der Waals surface area (Å²) in [5, 5.41) is 0. The van der Waals surface area contributed by atoms with E-state index in [0.717, 1.165) is 32.1 Å². The number of hydrogen-bond acceptors (Lipinski definition) is 3. The lowest BCUT2D eigenvalue weighted by Crippen LogP contribution is -2.28. The Morgan fingerprint density at radius 2 is 2.10 bits per heavy atom. The lowest BCUT2D eigenvalue weighted by molar-refractivity contribution is -0.138. The number of hydrogen-bond donors (Lipinski definition) is 1. The third-order valence-electron chi connectivity index (χ3n) is 3.94. The van der Waals surface area contributed by atoms with Crippen molar-refractivity contribution in [3.8, 4) is 0 Å². The predicted octanol–water partition coefficient (Wildman–Crippen LogP) is 2.67. The smallest absolute Gasteiger partial charge is 0.399 e. The Morgan fingerprint density at radius 3 is 2.67 bits per heavy atom. The molecule has 1 aliphatic heterocycles. The van der Waals surface area contributed by atoms with E-state index in [-0.39, 0.29) is 17.8 Å². The van der Waals surface area contributed by atoms with E-state index in [9.17, 15) is 13.2 Å². The minimum absolute atomic E-state index is 0.145. The van der Waals surface area contributed by atoms with E-state index in [0.29, 0.717) is 5.92 Å². The number of halogens is 3. The second kappa shape index (κ2) is 6.23. The number of anilines is 1. The van der Waals surface area contributed by atoms with Crippen molar-refractivity contribution in [3.63, 3.8) is 0 Å². The average molecular weight is 301 g/mol. The van der Waals surface area contributed by atoms with Gasteiger partial charge in [-0.25, -0.2) is 0 Å². The number of nitrogens with two attached hydrogens (primary N) is 1. The van der Waals surface area contributed by atoms with Gasteiger partial charge in [0, 0.05) is 25.3 Å². The van der Waals surface area contributed by atoms with Crippen molar-refractivity contribution in [2.75, 3.05) is 39.5 Å². The van der Waals surface area contributed by atoms with Gasteiger partial charge in [-0.15, -0.1) is 0 Å². The molecule has 3 nitrogen and oxygen atoms in total. The van der Waals surface area contributed by atoms with E-state index >= 15 is 0 Å². The summed E-state index contributed by atoms with van der Waals surface area (Å²) in [6.45, 7) is 3.17. The highest BCUT2D eigenvalue weighted by atomic mass is 19.4. The average Bonchev–Trinajstić information content (AvgIpc) is 2.75. The second-order valence-electron chi connectivity index (χ2n) is 6.03. The van der Waals surface area contributed by atoms with Gasteiger partial charge in [-0.1, -0.05) is 6.07 Å². The number of likely N-dealkylation sites (tertiary alicyclic amines) is 1. The van der Waals surface area contributed by atoms with E-state index in [2.05, 4.69) is 11.9 Å². The standard InChI is InChI=1S/C15H22F3N3/c1-20-6-5-11(8-20)9-21(2)10-12-3-4-13(19)7-14(12)15(16,17)18/h3-4,7,11H,5-6,8-10,19H2,1-2H3. The third-order valence-corrected chi connectivity index (χ3v) is 3.94. The highest BCUT2D eigenvalue weighted by Gasteiger charge is 2.33. The summed E-state index contributed by atoms with van der Waals surface area (Å²) in [5.41, 5.74) is 5.28. The summed E-state index contributed by atoms with van der Waals surface area (Å²) < 4.78 is 39.2. The van der Waals surface area contributed by atoms with E-state index in [1.54, 1.807) is 0 Å². The molecule has 2 rings (SSSR count). The zero-order valence-electron chi connectivity index (χ0n) is 12.5. The largest absolute Gasteiger partial charge is 0.416 e. The Morgan fingerprint density at radius 1 is 1.38 bits per heavy atom. The van der Waals surface area contributed by atoms with Gasteiger partial charge in [0.1, 0.15) is 0 Å². The van der Waals surface area contributed by atoms with Gasteiger partial charge in [0.05, 0.1) is 5.56 Å². The lowest BCUT2D eigenvalue weighted by Gasteiger charge is -2.23. The topological polar surface area (TPSA) is 32.5 Å². The van der Waals surface area contributed by atoms with Gasteiger partial charge in [-0.05, 0) is 50.7 Å². The summed E-state index contributed by atoms with van der Waals surface area (Å²) in [6, 6.07) is 4.03. The molecule has 118 valence electrons. The molecule has 1 fully saturated rings. The molecule has 1 heterocycles. The molecule has 0 spiro atoms. The minimum Gasteiger partial charge on any atom is -0.399 e. The highest BCUT2D eigenvalue weighted by molar-refractivity contribution is 5.46. The fourth-order valence-corrected chi connectivity index (χ4v) is 2.97. The second-order valence-corrected chi connectivity index (χ2v) is 6.03. The molecule has 1 unspecified atom stereocenters. The van der Waals surface area contributed by atoms with Gasteiger partial charge in [-0.2, -0.15) is 13.2 Å². The van der Waals surface area contributed by atoms with E-state index < -0.39 is 11.7 Å². The van der Waals surface area contributed by atoms with Crippen LogP contribution in [0.1, 0.15) is 17.5 Å². The zero-order valence-corrected chi connectivity index (χ0v) is 12.5. The highest BCUT2D eigenvalue weighted by Crippen LogP contribution is 2.34. The normalized spacial score (nSPS) is 20.4. The Balaban J connectivity index is 2.05. The van der Waals surface area contributed by atoms with E-state index in [1.165, 1.54) is 12.1 Å². The van der Waals surface area contributed by atoms with Crippen LogP contribution in [0.3, 0.4) is 0 Å². The maximum Gasteiger partial charge on any atom is 0.416 e. The molecule has 2 N–H and O–H groups in total. The monoisotopic (exact) mass is 301 g/mol. The van der Waals surface area contributed by atoms with Gasteiger partial charge in [0.25, 0.3) is 0 Å². The number of alkyl halides is 3. The number of rotatable bonds is 4. The molecule has 1 atom stereocenters. The molecule has 0 radical (unpaired) electrons. The summed E-state index contributed by atoms with van der Waals surface area (Å²) >= 11 is 0. The molecule has 1 aromatic carbocycles. The molecule has 21 heavy (non-hydrogen) atoms. The molecular formula is C15H22F3N3. The van der Waals surface area contributed by atoms with E-state index in [1.807, 2.05) is 11.9 Å². The van der Waals surface area contributed by atoms with Gasteiger partial charge in [0.2, 0.25) is 0 Å². The van der Waals surface area contributed by atoms with Crippen LogP contribution in [0.5, 0.6) is 0 Å². The Hall–Kier alpha value is -1.27. The molecule has 1 saturated heterocycles. The SMILES string of the molecule is CN1CCC(CN(C)Cc2ccc(N)cc2C(F)(F)F)C1. The molecular weight excluding hydrogens is 279 g/mol. The maximum absolute atomic E-state index is 13.1. The molecule has 0 amide bonds. The fourth-order valence-electron chi connectivity index (χ4n) is 2.97. The summed E-state index contributed by atoms with van der Waals surface area (Å²) in [5.74, 6) is 0.531. The maximum atomic E-state index is 13.1. The van der Waals surface area contributed by atoms with Crippen molar-refractivity contribution in [1.82, 2.24) is 9.80 Å². The first kappa shape index (κ1) is 16.1. The van der Waals surface area contributed by atoms with Crippen molar-refractivity contribution in [1.29, 1.82) is 0 Å². The van der Waals surface area contributed by atoms with Crippen LogP contribution >= 0.6 is 0 Å². The van der Waals surface area contributed by atoms with Crippen LogP contribution in [-0.4, -0.2) is 43.5 Å². The molecule has 0 aliphatic carbocycles. The Kier molecular flexibility index (Phi) is 4.78. The first-order valence-electron chi connectivity index (χ1n) is 7.08. The van der Waals surface area contributed by atoms with Crippen molar-refractivity contribution in [2.24, 2.45) is 5.92 Å². The first-order valence-corrected chi connectivity index (χ1v) is 7.08. The van der Waals surface area contributed by atoms with Gasteiger partial charge in [-0.3, -0.25) is 0 Å². The van der Waals surface area contributed by atoms with Crippen molar-refractivity contribution < 1.29 is 13.2 Å². The van der Waals surface area contributed by atoms with Crippen LogP contribution in [0.2, 0.25) is 0 Å². The van der Waals surface area contributed by atoms with Crippen LogP contribution in [0.15, 0.2) is 18.2 Å². The summed E-state index contributed by atoms with van der Waals surface area (Å²) in [6.07, 6.45) is -3.26. The van der Waals surface area contributed by atoms with Crippen molar-refractivity contribution >= 4 is 5.69 Å². The molecule has 6 heteroatoms. The fraction of sp³-hybridized carbons (Fsp3) is 0.600. The van der Waals surface area contributed by atoms with Crippen LogP contribution in [0, 0.1) is 5.92 Å². The third kappa shape index (κ3) is 4.35. The molecule has 0 bridgehead atoms. The molecule has 1 aromatic rings. The van der Waals surface area contributed by atoms with Crippen molar-refractivity contribution in [3.05, 3.63) is 29.3 Å². The van der Waals surface area contributed by atoms with E-state index in [4.69, 9.17) is 5.73 Å². The number of nitrogens with zero attached hydrogens (tertiary/aromatic N) is 2. The predicted molar refractivity (Wildman–Crippen MR) is 77.8 cm³/mol. The minimum atomic E-state index is -4.36. The number of nitrogen functional groups attached to an aromatic ring is 1. The summed E-state index contributed by atoms with van der Waals surface area (Å²) in [7, 11) is 3.94. The van der Waals surface area contributed by atoms with Crippen LogP contribution < -0.4 is 5.73 Å². The Labute approximate surface area is 123 Å². The van der Waals surface area contributed by atoms with Crippen molar-refractivity contribution in [2.45, 2.75) is 19.1 Å². The molecule has 1 aliphatic rings. The molecule has 0 saturated carbocycles. The Bertz CT molecular complexity index is 488. The van der Waals surface area contributed by atoms with Gasteiger partial charge in [0.15, 0.2) is 0 Å². The lowest BCUT2D eigenvalue weighted by atomic mass is 10.0. The van der Waals surface area contributed by atoms with Crippen LogP contribution in [0.4, 0.5) is 18.9 Å². The van der Waals surface area contributed by atoms with Gasteiger partial charge < -0.3 is 15.5 Å². The summed E-state index contributed by atoms with van der Waals surface area (Å²) in [4.78, 5) is 4.22. The number of benzene rings is 1. The quantitative estimate of drug-likeness (QED) is 0.868. The van der Waals surface area contributed by atoms with Crippen LogP contribution in [-0.2, 0) is 12.7 Å². The van der Waals surface area contributed by atoms with Gasteiger partial charge >= 0.3 is 6.18 Å². The van der Waals surface area contributed by atoms with Crippen LogP contribution in [0.25, 0.3) is 0 Å². The first-order chi connectivity index (χ1) is 9.75. The molecule has 0 aromatic heterocycles.